The third-order valence-corrected chi connectivity index (χ3v) is 4.87. The number of rotatable bonds is 3. The Labute approximate surface area is 159 Å². The number of carboxylic acid groups (broad SMARTS) is 1. The second-order valence-corrected chi connectivity index (χ2v) is 6.52. The lowest BCUT2D eigenvalue weighted by Gasteiger charge is -2.21. The van der Waals surface area contributed by atoms with Crippen LogP contribution in [0.5, 0.6) is 11.5 Å². The number of aromatic carboxylic acids is 1. The van der Waals surface area contributed by atoms with Gasteiger partial charge in [-0.05, 0) is 41.8 Å². The van der Waals surface area contributed by atoms with Gasteiger partial charge in [0.15, 0.2) is 5.78 Å². The van der Waals surface area contributed by atoms with Crippen LogP contribution in [0, 0.1) is 0 Å². The smallest absolute Gasteiger partial charge is 0.335 e. The van der Waals surface area contributed by atoms with E-state index in [-0.39, 0.29) is 33.6 Å². The van der Waals surface area contributed by atoms with Crippen molar-refractivity contribution >= 4 is 17.5 Å². The van der Waals surface area contributed by atoms with Gasteiger partial charge in [-0.2, -0.15) is 0 Å². The van der Waals surface area contributed by atoms with Crippen LogP contribution in [0.15, 0.2) is 54.6 Å². The molecule has 0 radical (unpaired) electrons. The zero-order chi connectivity index (χ0) is 20.0. The van der Waals surface area contributed by atoms with Crippen LogP contribution < -0.4 is 0 Å². The second kappa shape index (κ2) is 6.35. The first kappa shape index (κ1) is 17.5. The quantitative estimate of drug-likeness (QED) is 0.475. The zero-order valence-corrected chi connectivity index (χ0v) is 14.5. The molecule has 0 aromatic heterocycles. The van der Waals surface area contributed by atoms with E-state index in [4.69, 9.17) is 5.11 Å². The van der Waals surface area contributed by atoms with Crippen molar-refractivity contribution in [1.29, 1.82) is 0 Å². The first-order valence-electron chi connectivity index (χ1n) is 8.47. The van der Waals surface area contributed by atoms with E-state index in [1.54, 1.807) is 18.2 Å². The molecule has 1 aliphatic carbocycles. The first-order chi connectivity index (χ1) is 13.4. The highest BCUT2D eigenvalue weighted by Crippen LogP contribution is 2.38. The molecule has 0 spiro atoms. The van der Waals surface area contributed by atoms with E-state index in [1.165, 1.54) is 36.4 Å². The summed E-state index contributed by atoms with van der Waals surface area (Å²) in [6.45, 7) is 0. The number of hydrogen-bond acceptors (Lipinski definition) is 5. The molecule has 3 aromatic rings. The highest BCUT2D eigenvalue weighted by Gasteiger charge is 2.31. The summed E-state index contributed by atoms with van der Waals surface area (Å²) in [4.78, 5) is 36.6. The van der Waals surface area contributed by atoms with Gasteiger partial charge in [0.1, 0.15) is 11.5 Å². The predicted octanol–water partition coefficient (Wildman–Crippen LogP) is 3.16. The molecule has 0 heterocycles. The van der Waals surface area contributed by atoms with Crippen molar-refractivity contribution < 1.29 is 29.7 Å². The molecule has 0 amide bonds. The van der Waals surface area contributed by atoms with Crippen molar-refractivity contribution in [3.8, 4) is 11.5 Å². The van der Waals surface area contributed by atoms with Gasteiger partial charge in [0.05, 0.1) is 22.3 Å². The largest absolute Gasteiger partial charge is 0.507 e. The summed E-state index contributed by atoms with van der Waals surface area (Å²) in [5.74, 6) is -2.80. The third-order valence-electron chi connectivity index (χ3n) is 4.87. The Morgan fingerprint density at radius 2 is 1.43 bits per heavy atom. The maximum Gasteiger partial charge on any atom is 0.335 e. The average Bonchev–Trinajstić information content (AvgIpc) is 2.67. The summed E-state index contributed by atoms with van der Waals surface area (Å²) in [6, 6.07) is 13.1. The van der Waals surface area contributed by atoms with Crippen molar-refractivity contribution in [2.75, 3.05) is 0 Å². The van der Waals surface area contributed by atoms with E-state index in [0.717, 1.165) is 0 Å². The number of ketones is 2. The van der Waals surface area contributed by atoms with Crippen LogP contribution in [-0.2, 0) is 6.42 Å². The number of aromatic hydroxyl groups is 2. The lowest BCUT2D eigenvalue weighted by atomic mass is 9.82. The Kier molecular flexibility index (Phi) is 3.96. The number of carbonyl (C=O) groups is 3. The number of phenols is 2. The van der Waals surface area contributed by atoms with Gasteiger partial charge in [-0.15, -0.1) is 0 Å². The summed E-state index contributed by atoms with van der Waals surface area (Å²) in [5, 5.41) is 29.7. The van der Waals surface area contributed by atoms with Crippen molar-refractivity contribution in [1.82, 2.24) is 0 Å². The maximum absolute atomic E-state index is 12.9. The Hall–Kier alpha value is -3.93. The molecule has 0 aliphatic heterocycles. The molecule has 0 unspecified atom stereocenters. The lowest BCUT2D eigenvalue weighted by molar-refractivity contribution is 0.0696. The summed E-state index contributed by atoms with van der Waals surface area (Å²) in [7, 11) is 0. The van der Waals surface area contributed by atoms with E-state index >= 15 is 0 Å². The average molecular weight is 374 g/mol. The second-order valence-electron chi connectivity index (χ2n) is 6.52. The molecule has 0 atom stereocenters. The van der Waals surface area contributed by atoms with Crippen LogP contribution in [0.2, 0.25) is 0 Å². The molecule has 28 heavy (non-hydrogen) atoms. The number of benzene rings is 3. The number of phenolic OH excluding ortho intramolecular Hbond substituents is 2. The molecule has 3 N–H and O–H groups in total. The van der Waals surface area contributed by atoms with Crippen LogP contribution in [0.25, 0.3) is 0 Å². The molecular weight excluding hydrogens is 360 g/mol. The van der Waals surface area contributed by atoms with Crippen LogP contribution in [0.1, 0.15) is 53.3 Å². The normalized spacial score (nSPS) is 12.2. The van der Waals surface area contributed by atoms with Gasteiger partial charge in [0.25, 0.3) is 0 Å². The molecule has 0 fully saturated rings. The summed E-state index contributed by atoms with van der Waals surface area (Å²) < 4.78 is 0. The molecule has 0 saturated heterocycles. The topological polar surface area (TPSA) is 112 Å². The first-order valence-corrected chi connectivity index (χ1v) is 8.47. The van der Waals surface area contributed by atoms with Crippen molar-refractivity contribution in [3.63, 3.8) is 0 Å². The zero-order valence-electron chi connectivity index (χ0n) is 14.5. The Morgan fingerprint density at radius 3 is 2.11 bits per heavy atom. The minimum absolute atomic E-state index is 0.00186. The fourth-order valence-corrected chi connectivity index (χ4v) is 3.46. The van der Waals surface area contributed by atoms with E-state index in [9.17, 15) is 24.6 Å². The number of fused-ring (bicyclic) bond motifs is 2. The van der Waals surface area contributed by atoms with Crippen LogP contribution in [0.3, 0.4) is 0 Å². The highest BCUT2D eigenvalue weighted by atomic mass is 16.4. The molecule has 1 aliphatic rings. The van der Waals surface area contributed by atoms with Crippen LogP contribution in [-0.4, -0.2) is 32.9 Å². The van der Waals surface area contributed by atoms with Crippen LogP contribution >= 0.6 is 0 Å². The van der Waals surface area contributed by atoms with Gasteiger partial charge in [0.2, 0.25) is 5.78 Å². The third kappa shape index (κ3) is 2.63. The van der Waals surface area contributed by atoms with E-state index in [2.05, 4.69) is 0 Å². The Morgan fingerprint density at radius 1 is 0.786 bits per heavy atom. The molecule has 6 heteroatoms. The molecule has 6 nitrogen and oxygen atoms in total. The molecular formula is C22H14O6. The van der Waals surface area contributed by atoms with Gasteiger partial charge < -0.3 is 15.3 Å². The van der Waals surface area contributed by atoms with E-state index < -0.39 is 23.3 Å². The summed E-state index contributed by atoms with van der Waals surface area (Å²) in [6.07, 6.45) is 0.347. The fraction of sp³-hybridized carbons (Fsp3) is 0.0455. The number of carboxylic acids is 1. The monoisotopic (exact) mass is 374 g/mol. The lowest BCUT2D eigenvalue weighted by Crippen LogP contribution is -2.17. The van der Waals surface area contributed by atoms with Gasteiger partial charge in [0, 0.05) is 5.56 Å². The van der Waals surface area contributed by atoms with E-state index in [1.807, 2.05) is 0 Å². The summed E-state index contributed by atoms with van der Waals surface area (Å²) >= 11 is 0. The number of hydrogen-bond donors (Lipinski definition) is 3. The van der Waals surface area contributed by atoms with Gasteiger partial charge in [-0.25, -0.2) is 4.79 Å². The molecule has 4 rings (SSSR count). The SMILES string of the molecule is O=C(O)c1ccc(C(=O)c2ccc3c(c2O)C(=O)c2c(O)cccc2C3)cc1. The van der Waals surface area contributed by atoms with Crippen molar-refractivity contribution in [3.05, 3.63) is 93.5 Å². The molecule has 138 valence electrons. The predicted molar refractivity (Wildman–Crippen MR) is 99.3 cm³/mol. The Balaban J connectivity index is 1.78. The van der Waals surface area contributed by atoms with Crippen molar-refractivity contribution in [2.24, 2.45) is 0 Å². The minimum atomic E-state index is -1.11. The van der Waals surface area contributed by atoms with Crippen molar-refractivity contribution in [2.45, 2.75) is 6.42 Å². The highest BCUT2D eigenvalue weighted by molar-refractivity contribution is 6.19. The number of carbonyl (C=O) groups excluding carboxylic acids is 2. The molecule has 0 saturated carbocycles. The summed E-state index contributed by atoms with van der Waals surface area (Å²) in [5.41, 5.74) is 1.51. The van der Waals surface area contributed by atoms with Gasteiger partial charge in [-0.1, -0.05) is 30.3 Å². The van der Waals surface area contributed by atoms with Gasteiger partial charge in [-0.3, -0.25) is 9.59 Å². The van der Waals surface area contributed by atoms with Crippen LogP contribution in [0.4, 0.5) is 0 Å². The maximum atomic E-state index is 12.9. The van der Waals surface area contributed by atoms with Gasteiger partial charge >= 0.3 is 5.97 Å². The molecule has 0 bridgehead atoms. The van der Waals surface area contributed by atoms with E-state index in [0.29, 0.717) is 17.5 Å². The Bertz CT molecular complexity index is 1160. The standard InChI is InChI=1S/C22H14O6/c23-16-3-1-2-13-10-14-8-9-15(20(25)18(14)21(26)17(13)16)19(24)11-4-6-12(7-5-11)22(27)28/h1-9,23,25H,10H2,(H,27,28). The fourth-order valence-electron chi connectivity index (χ4n) is 3.46. The minimum Gasteiger partial charge on any atom is -0.507 e. The molecule has 3 aromatic carbocycles.